The van der Waals surface area contributed by atoms with Gasteiger partial charge in [0.05, 0.1) is 13.2 Å². The van der Waals surface area contributed by atoms with Gasteiger partial charge in [0, 0.05) is 5.92 Å². The van der Waals surface area contributed by atoms with Crippen LogP contribution in [0.1, 0.15) is 0 Å². The first-order chi connectivity index (χ1) is 4.52. The molecule has 11 heavy (non-hydrogen) atoms. The Labute approximate surface area is 68.3 Å². The van der Waals surface area contributed by atoms with E-state index in [1.165, 1.54) is 0 Å². The molecule has 0 aromatic heterocycles. The summed E-state index contributed by atoms with van der Waals surface area (Å²) in [6, 6.07) is -1.71. The number of rotatable bonds is 1. The lowest BCUT2D eigenvalue weighted by molar-refractivity contribution is -0.187. The predicted molar refractivity (Wildman–Crippen MR) is 35.6 cm³/mol. The Bertz CT molecular complexity index is 125. The minimum Gasteiger partial charge on any atom is -0.381 e. The maximum atomic E-state index is 11.7. The zero-order valence-corrected chi connectivity index (χ0v) is 6.41. The van der Waals surface area contributed by atoms with Gasteiger partial charge in [-0.3, -0.25) is 0 Å². The maximum Gasteiger partial charge on any atom is 0.404 e. The number of alkyl halides is 3. The van der Waals surface area contributed by atoms with Crippen LogP contribution >= 0.6 is 12.4 Å². The zero-order valence-electron chi connectivity index (χ0n) is 5.60. The summed E-state index contributed by atoms with van der Waals surface area (Å²) in [5.74, 6) is -0.528. The molecule has 2 N–H and O–H groups in total. The molecule has 6 heteroatoms. The van der Waals surface area contributed by atoms with E-state index < -0.39 is 18.1 Å². The Morgan fingerprint density at radius 1 is 1.36 bits per heavy atom. The lowest BCUT2D eigenvalue weighted by Gasteiger charge is -2.32. The Morgan fingerprint density at radius 3 is 1.91 bits per heavy atom. The van der Waals surface area contributed by atoms with Crippen molar-refractivity contribution in [1.82, 2.24) is 0 Å². The van der Waals surface area contributed by atoms with Gasteiger partial charge in [0.15, 0.2) is 0 Å². The van der Waals surface area contributed by atoms with Crippen LogP contribution in [-0.2, 0) is 4.74 Å². The largest absolute Gasteiger partial charge is 0.404 e. The number of nitrogens with two attached hydrogens (primary N) is 1. The molecule has 0 bridgehead atoms. The summed E-state index contributed by atoms with van der Waals surface area (Å²) in [6.45, 7) is 0.279. The van der Waals surface area contributed by atoms with Crippen LogP contribution in [0.5, 0.6) is 0 Å². The van der Waals surface area contributed by atoms with Crippen LogP contribution in [0.2, 0.25) is 0 Å². The molecule has 1 aliphatic rings. The minimum atomic E-state index is -4.27. The molecule has 1 aliphatic heterocycles. The molecule has 0 aliphatic carbocycles. The molecule has 1 unspecified atom stereocenters. The van der Waals surface area contributed by atoms with Gasteiger partial charge < -0.3 is 10.5 Å². The van der Waals surface area contributed by atoms with Gasteiger partial charge >= 0.3 is 6.18 Å². The summed E-state index contributed by atoms with van der Waals surface area (Å²) >= 11 is 0. The zero-order chi connectivity index (χ0) is 7.78. The average Bonchev–Trinajstić information content (AvgIpc) is 1.57. The minimum absolute atomic E-state index is 0. The molecule has 1 rings (SSSR count). The SMILES string of the molecule is Cl.NC(C1COC1)C(F)(F)F. The first-order valence-electron chi connectivity index (χ1n) is 2.92. The van der Waals surface area contributed by atoms with Gasteiger partial charge in [-0.15, -0.1) is 12.4 Å². The van der Waals surface area contributed by atoms with Crippen molar-refractivity contribution < 1.29 is 17.9 Å². The predicted octanol–water partition coefficient (Wildman–Crippen LogP) is 0.944. The molecule has 0 radical (unpaired) electrons. The Morgan fingerprint density at radius 2 is 1.82 bits per heavy atom. The molecule has 0 aromatic rings. The highest BCUT2D eigenvalue weighted by molar-refractivity contribution is 5.85. The summed E-state index contributed by atoms with van der Waals surface area (Å²) in [5, 5.41) is 0. The quantitative estimate of drug-likeness (QED) is 0.670. The van der Waals surface area contributed by atoms with Gasteiger partial charge in [-0.1, -0.05) is 0 Å². The molecular weight excluding hydrogens is 183 g/mol. The third-order valence-corrected chi connectivity index (χ3v) is 1.55. The Kier molecular flexibility index (Phi) is 3.60. The smallest absolute Gasteiger partial charge is 0.381 e. The van der Waals surface area contributed by atoms with Crippen molar-refractivity contribution in [2.24, 2.45) is 11.7 Å². The van der Waals surface area contributed by atoms with Gasteiger partial charge in [-0.2, -0.15) is 13.2 Å². The fourth-order valence-corrected chi connectivity index (χ4v) is 0.729. The summed E-state index contributed by atoms with van der Waals surface area (Å²) in [5.41, 5.74) is 4.85. The van der Waals surface area contributed by atoms with Crippen LogP contribution in [-0.4, -0.2) is 25.4 Å². The fraction of sp³-hybridized carbons (Fsp3) is 1.00. The molecule has 1 heterocycles. The van der Waals surface area contributed by atoms with Crippen molar-refractivity contribution in [2.75, 3.05) is 13.2 Å². The van der Waals surface area contributed by atoms with Crippen molar-refractivity contribution in [2.45, 2.75) is 12.2 Å². The second-order valence-corrected chi connectivity index (χ2v) is 2.36. The highest BCUT2D eigenvalue weighted by atomic mass is 35.5. The van der Waals surface area contributed by atoms with Crippen LogP contribution in [0.25, 0.3) is 0 Å². The van der Waals surface area contributed by atoms with Crippen molar-refractivity contribution in [3.8, 4) is 0 Å². The Hall–Kier alpha value is -0.0000000000000000555. The number of ether oxygens (including phenoxy) is 1. The van der Waals surface area contributed by atoms with E-state index in [0.29, 0.717) is 0 Å². The van der Waals surface area contributed by atoms with Crippen LogP contribution < -0.4 is 5.73 Å². The van der Waals surface area contributed by atoms with Gasteiger partial charge in [0.1, 0.15) is 6.04 Å². The van der Waals surface area contributed by atoms with E-state index in [2.05, 4.69) is 4.74 Å². The molecule has 68 valence electrons. The molecule has 0 spiro atoms. The molecule has 1 atom stereocenters. The van der Waals surface area contributed by atoms with E-state index >= 15 is 0 Å². The molecule has 0 amide bonds. The molecule has 0 aromatic carbocycles. The van der Waals surface area contributed by atoms with E-state index in [1.54, 1.807) is 0 Å². The topological polar surface area (TPSA) is 35.2 Å². The van der Waals surface area contributed by atoms with Gasteiger partial charge in [0.25, 0.3) is 0 Å². The second kappa shape index (κ2) is 3.60. The normalized spacial score (nSPS) is 21.8. The van der Waals surface area contributed by atoms with Crippen molar-refractivity contribution in [3.63, 3.8) is 0 Å². The molecule has 0 saturated carbocycles. The Balaban J connectivity index is 0.000001000. The third-order valence-electron chi connectivity index (χ3n) is 1.55. The monoisotopic (exact) mass is 191 g/mol. The summed E-state index contributed by atoms with van der Waals surface area (Å²) in [6.07, 6.45) is -4.27. The average molecular weight is 192 g/mol. The number of hydrogen-bond donors (Lipinski definition) is 1. The fourth-order valence-electron chi connectivity index (χ4n) is 0.729. The van der Waals surface area contributed by atoms with E-state index in [4.69, 9.17) is 5.73 Å². The summed E-state index contributed by atoms with van der Waals surface area (Å²) in [7, 11) is 0. The van der Waals surface area contributed by atoms with E-state index in [1.807, 2.05) is 0 Å². The third kappa shape index (κ3) is 2.50. The van der Waals surface area contributed by atoms with Crippen molar-refractivity contribution >= 4 is 12.4 Å². The molecular formula is C5H9ClF3NO. The highest BCUT2D eigenvalue weighted by Crippen LogP contribution is 2.27. The van der Waals surface area contributed by atoms with E-state index in [-0.39, 0.29) is 25.6 Å². The van der Waals surface area contributed by atoms with Crippen LogP contribution in [0.3, 0.4) is 0 Å². The van der Waals surface area contributed by atoms with Crippen molar-refractivity contribution in [1.29, 1.82) is 0 Å². The van der Waals surface area contributed by atoms with Gasteiger partial charge in [-0.25, -0.2) is 0 Å². The lowest BCUT2D eigenvalue weighted by atomic mass is 9.99. The number of hydrogen-bond acceptors (Lipinski definition) is 2. The van der Waals surface area contributed by atoms with Gasteiger partial charge in [0.2, 0.25) is 0 Å². The standard InChI is InChI=1S/C5H8F3NO.ClH/c6-5(7,8)4(9)3-1-10-2-3;/h3-4H,1-2,9H2;1H. The van der Waals surface area contributed by atoms with Crippen LogP contribution in [0, 0.1) is 5.92 Å². The first kappa shape index (κ1) is 11.0. The molecule has 2 nitrogen and oxygen atoms in total. The highest BCUT2D eigenvalue weighted by Gasteiger charge is 2.44. The lowest BCUT2D eigenvalue weighted by Crippen LogP contribution is -2.51. The molecule has 1 fully saturated rings. The van der Waals surface area contributed by atoms with Crippen molar-refractivity contribution in [3.05, 3.63) is 0 Å². The molecule has 1 saturated heterocycles. The maximum absolute atomic E-state index is 11.7. The number of halogens is 4. The summed E-state index contributed by atoms with van der Waals surface area (Å²) < 4.78 is 39.8. The van der Waals surface area contributed by atoms with E-state index in [0.717, 1.165) is 0 Å². The summed E-state index contributed by atoms with van der Waals surface area (Å²) in [4.78, 5) is 0. The van der Waals surface area contributed by atoms with Crippen LogP contribution in [0.15, 0.2) is 0 Å². The van der Waals surface area contributed by atoms with Gasteiger partial charge in [-0.05, 0) is 0 Å². The van der Waals surface area contributed by atoms with E-state index in [9.17, 15) is 13.2 Å². The second-order valence-electron chi connectivity index (χ2n) is 2.36. The van der Waals surface area contributed by atoms with Crippen LogP contribution in [0.4, 0.5) is 13.2 Å². The first-order valence-corrected chi connectivity index (χ1v) is 2.92.